The van der Waals surface area contributed by atoms with Crippen molar-refractivity contribution in [2.75, 3.05) is 13.2 Å². The highest BCUT2D eigenvalue weighted by Gasteiger charge is 2.25. The first-order chi connectivity index (χ1) is 9.28. The van der Waals surface area contributed by atoms with Crippen molar-refractivity contribution in [3.8, 4) is 5.75 Å². The number of piperidine rings is 1. The third kappa shape index (κ3) is 2.70. The molecule has 0 saturated carbocycles. The van der Waals surface area contributed by atoms with E-state index in [1.54, 1.807) is 0 Å². The van der Waals surface area contributed by atoms with E-state index in [0.717, 1.165) is 55.5 Å². The minimum Gasteiger partial charge on any atom is -0.493 e. The van der Waals surface area contributed by atoms with Gasteiger partial charge in [0, 0.05) is 23.0 Å². The number of carbonyl (C=O) groups excluding carboxylic acids is 1. The molecule has 2 heterocycles. The van der Waals surface area contributed by atoms with Gasteiger partial charge in [0.1, 0.15) is 12.0 Å². The molecule has 1 saturated heterocycles. The summed E-state index contributed by atoms with van der Waals surface area (Å²) in [6.45, 7) is 2.59. The number of benzene rings is 1. The Bertz CT molecular complexity index is 489. The molecule has 2 aliphatic heterocycles. The number of ether oxygens (including phenoxy) is 1. The van der Waals surface area contributed by atoms with Crippen molar-refractivity contribution < 1.29 is 9.53 Å². The standard InChI is InChI=1S/C15H18BrNO2/c16-13-7-11-4-6-19-15(11)12(8-13)9-17-5-2-1-3-14(17)10-18/h7-8,10,14H,1-6,9H2. The summed E-state index contributed by atoms with van der Waals surface area (Å²) in [6.07, 6.45) is 5.41. The third-order valence-electron chi connectivity index (χ3n) is 4.02. The van der Waals surface area contributed by atoms with Crippen LogP contribution in [0.2, 0.25) is 0 Å². The van der Waals surface area contributed by atoms with Crippen molar-refractivity contribution >= 4 is 22.2 Å². The van der Waals surface area contributed by atoms with Gasteiger partial charge >= 0.3 is 0 Å². The second kappa shape index (κ2) is 5.63. The van der Waals surface area contributed by atoms with Crippen LogP contribution in [0.5, 0.6) is 5.75 Å². The fourth-order valence-electron chi connectivity index (χ4n) is 3.05. The Hall–Kier alpha value is -0.870. The maximum absolute atomic E-state index is 11.2. The number of carbonyl (C=O) groups is 1. The van der Waals surface area contributed by atoms with E-state index in [4.69, 9.17) is 4.74 Å². The third-order valence-corrected chi connectivity index (χ3v) is 4.48. The zero-order chi connectivity index (χ0) is 13.2. The highest BCUT2D eigenvalue weighted by atomic mass is 79.9. The maximum atomic E-state index is 11.2. The summed E-state index contributed by atoms with van der Waals surface area (Å²) in [5.41, 5.74) is 2.49. The van der Waals surface area contributed by atoms with Gasteiger partial charge in [-0.3, -0.25) is 4.90 Å². The number of fused-ring (bicyclic) bond motifs is 1. The first-order valence-electron chi connectivity index (χ1n) is 6.91. The lowest BCUT2D eigenvalue weighted by Crippen LogP contribution is -2.39. The van der Waals surface area contributed by atoms with Crippen molar-refractivity contribution in [3.05, 3.63) is 27.7 Å². The molecule has 0 bridgehead atoms. The van der Waals surface area contributed by atoms with E-state index in [-0.39, 0.29) is 6.04 Å². The van der Waals surface area contributed by atoms with E-state index in [0.29, 0.717) is 0 Å². The lowest BCUT2D eigenvalue weighted by Gasteiger charge is -2.32. The van der Waals surface area contributed by atoms with Crippen LogP contribution in [0.25, 0.3) is 0 Å². The minimum absolute atomic E-state index is 0.0739. The number of rotatable bonds is 3. The summed E-state index contributed by atoms with van der Waals surface area (Å²) in [5.74, 6) is 1.04. The van der Waals surface area contributed by atoms with Crippen molar-refractivity contribution in [2.24, 2.45) is 0 Å². The molecule has 1 aromatic rings. The molecule has 0 spiro atoms. The first-order valence-corrected chi connectivity index (χ1v) is 7.70. The van der Waals surface area contributed by atoms with Gasteiger partial charge in [-0.15, -0.1) is 0 Å². The molecular formula is C15H18BrNO2. The van der Waals surface area contributed by atoms with E-state index in [9.17, 15) is 4.79 Å². The number of likely N-dealkylation sites (tertiary alicyclic amines) is 1. The number of nitrogens with zero attached hydrogens (tertiary/aromatic N) is 1. The fraction of sp³-hybridized carbons (Fsp3) is 0.533. The Morgan fingerprint density at radius 3 is 3.16 bits per heavy atom. The molecule has 0 radical (unpaired) electrons. The van der Waals surface area contributed by atoms with Crippen LogP contribution in [0, 0.1) is 0 Å². The summed E-state index contributed by atoms with van der Waals surface area (Å²) in [5, 5.41) is 0. The van der Waals surface area contributed by atoms with Gasteiger partial charge in [-0.25, -0.2) is 0 Å². The van der Waals surface area contributed by atoms with E-state index in [1.165, 1.54) is 17.5 Å². The second-order valence-corrected chi connectivity index (χ2v) is 6.24. The number of hydrogen-bond donors (Lipinski definition) is 0. The van der Waals surface area contributed by atoms with E-state index < -0.39 is 0 Å². The van der Waals surface area contributed by atoms with Crippen LogP contribution in [0.15, 0.2) is 16.6 Å². The lowest BCUT2D eigenvalue weighted by atomic mass is 10.0. The molecule has 19 heavy (non-hydrogen) atoms. The predicted molar refractivity (Wildman–Crippen MR) is 77.5 cm³/mol. The van der Waals surface area contributed by atoms with Crippen LogP contribution < -0.4 is 4.74 Å². The normalized spacial score (nSPS) is 22.9. The Kier molecular flexibility index (Phi) is 3.89. The van der Waals surface area contributed by atoms with E-state index >= 15 is 0 Å². The average molecular weight is 324 g/mol. The van der Waals surface area contributed by atoms with Gasteiger partial charge in [0.05, 0.1) is 12.6 Å². The van der Waals surface area contributed by atoms with Crippen molar-refractivity contribution in [1.29, 1.82) is 0 Å². The summed E-state index contributed by atoms with van der Waals surface area (Å²) >= 11 is 3.57. The van der Waals surface area contributed by atoms with Crippen LogP contribution in [-0.2, 0) is 17.8 Å². The summed E-state index contributed by atoms with van der Waals surface area (Å²) in [7, 11) is 0. The zero-order valence-corrected chi connectivity index (χ0v) is 12.5. The molecule has 1 aromatic carbocycles. The van der Waals surface area contributed by atoms with Gasteiger partial charge in [0.25, 0.3) is 0 Å². The van der Waals surface area contributed by atoms with Gasteiger partial charge in [-0.1, -0.05) is 22.4 Å². The Labute approximate surface area is 122 Å². The van der Waals surface area contributed by atoms with Gasteiger partial charge in [0.15, 0.2) is 0 Å². The Morgan fingerprint density at radius 2 is 2.32 bits per heavy atom. The number of hydrogen-bond acceptors (Lipinski definition) is 3. The van der Waals surface area contributed by atoms with Crippen molar-refractivity contribution in [3.63, 3.8) is 0 Å². The van der Waals surface area contributed by atoms with Crippen LogP contribution >= 0.6 is 15.9 Å². The second-order valence-electron chi connectivity index (χ2n) is 5.32. The molecule has 0 N–H and O–H groups in total. The Balaban J connectivity index is 1.84. The van der Waals surface area contributed by atoms with Gasteiger partial charge in [-0.2, -0.15) is 0 Å². The molecule has 1 unspecified atom stereocenters. The van der Waals surface area contributed by atoms with Crippen LogP contribution in [0.4, 0.5) is 0 Å². The van der Waals surface area contributed by atoms with Gasteiger partial charge in [-0.05, 0) is 37.1 Å². The van der Waals surface area contributed by atoms with Crippen molar-refractivity contribution in [2.45, 2.75) is 38.3 Å². The molecule has 0 aliphatic carbocycles. The topological polar surface area (TPSA) is 29.5 Å². The average Bonchev–Trinajstić information content (AvgIpc) is 2.87. The van der Waals surface area contributed by atoms with Crippen LogP contribution in [0.3, 0.4) is 0 Å². The smallest absolute Gasteiger partial charge is 0.137 e. The lowest BCUT2D eigenvalue weighted by molar-refractivity contribution is -0.113. The van der Waals surface area contributed by atoms with Crippen molar-refractivity contribution in [1.82, 2.24) is 4.90 Å². The van der Waals surface area contributed by atoms with E-state index in [1.807, 2.05) is 0 Å². The molecular weight excluding hydrogens is 306 g/mol. The fourth-order valence-corrected chi connectivity index (χ4v) is 3.60. The van der Waals surface area contributed by atoms with Gasteiger partial charge < -0.3 is 9.53 Å². The highest BCUT2D eigenvalue weighted by Crippen LogP contribution is 2.34. The summed E-state index contributed by atoms with van der Waals surface area (Å²) < 4.78 is 6.86. The SMILES string of the molecule is O=CC1CCCCN1Cc1cc(Br)cc2c1OCC2. The zero-order valence-electron chi connectivity index (χ0n) is 10.9. The van der Waals surface area contributed by atoms with Crippen LogP contribution in [0.1, 0.15) is 30.4 Å². The molecule has 2 aliphatic rings. The summed E-state index contributed by atoms with van der Waals surface area (Å²) in [4.78, 5) is 13.5. The monoisotopic (exact) mass is 323 g/mol. The quantitative estimate of drug-likeness (QED) is 0.801. The molecule has 1 atom stereocenters. The molecule has 4 heteroatoms. The molecule has 102 valence electrons. The number of halogens is 1. The maximum Gasteiger partial charge on any atom is 0.137 e. The molecule has 1 fully saturated rings. The summed E-state index contributed by atoms with van der Waals surface area (Å²) in [6, 6.07) is 4.34. The van der Waals surface area contributed by atoms with E-state index in [2.05, 4.69) is 33.0 Å². The highest BCUT2D eigenvalue weighted by molar-refractivity contribution is 9.10. The van der Waals surface area contributed by atoms with Gasteiger partial charge in [0.2, 0.25) is 0 Å². The molecule has 3 nitrogen and oxygen atoms in total. The molecule has 3 rings (SSSR count). The largest absolute Gasteiger partial charge is 0.493 e. The first kappa shape index (κ1) is 13.1. The molecule has 0 aromatic heterocycles. The van der Waals surface area contributed by atoms with Crippen LogP contribution in [-0.4, -0.2) is 30.4 Å². The minimum atomic E-state index is 0.0739. The predicted octanol–water partition coefficient (Wildman–Crippen LogP) is 2.94. The number of aldehydes is 1. The Morgan fingerprint density at radius 1 is 1.42 bits per heavy atom. The molecule has 0 amide bonds.